The average Bonchev–Trinajstić information content (AvgIpc) is 2.85. The van der Waals surface area contributed by atoms with Crippen LogP contribution in [0.4, 0.5) is 0 Å². The largest absolute Gasteiger partial charge is 0.496 e. The Balaban J connectivity index is 1.71. The Labute approximate surface area is 188 Å². The van der Waals surface area contributed by atoms with Crippen molar-refractivity contribution >= 4 is 17.4 Å². The molecule has 7 nitrogen and oxygen atoms in total. The summed E-state index contributed by atoms with van der Waals surface area (Å²) >= 11 is 0. The Morgan fingerprint density at radius 1 is 0.938 bits per heavy atom. The minimum atomic E-state index is -0.208. The molecular weight excluding hydrogens is 408 g/mol. The van der Waals surface area contributed by atoms with Crippen LogP contribution in [0, 0.1) is 11.8 Å². The number of carbonyl (C=O) groups is 2. The van der Waals surface area contributed by atoms with E-state index in [1.54, 1.807) is 32.4 Å². The quantitative estimate of drug-likeness (QED) is 0.614. The Morgan fingerprint density at radius 3 is 2.34 bits per heavy atom. The minimum absolute atomic E-state index is 0.0342. The van der Waals surface area contributed by atoms with E-state index in [0.29, 0.717) is 22.8 Å². The number of hydrazone groups is 1. The molecule has 0 saturated heterocycles. The first-order valence-electron chi connectivity index (χ1n) is 10.9. The van der Waals surface area contributed by atoms with E-state index in [1.165, 1.54) is 12.1 Å². The molecule has 0 radical (unpaired) electrons. The lowest BCUT2D eigenvalue weighted by atomic mass is 9.73. The number of nitrogens with zero attached hydrogens (tertiary/aromatic N) is 2. The number of ether oxygens (including phenoxy) is 3. The van der Waals surface area contributed by atoms with Gasteiger partial charge in [0.25, 0.3) is 0 Å². The number of amides is 1. The summed E-state index contributed by atoms with van der Waals surface area (Å²) in [6, 6.07) is 12.7. The maximum absolute atomic E-state index is 13.3. The van der Waals surface area contributed by atoms with E-state index in [-0.39, 0.29) is 30.1 Å². The zero-order valence-electron chi connectivity index (χ0n) is 18.7. The smallest absolute Gasteiger partial charge is 0.246 e. The lowest BCUT2D eigenvalue weighted by Gasteiger charge is -2.38. The van der Waals surface area contributed by atoms with E-state index in [1.807, 2.05) is 24.3 Å². The van der Waals surface area contributed by atoms with Crippen LogP contribution in [-0.4, -0.2) is 50.3 Å². The van der Waals surface area contributed by atoms with Crippen molar-refractivity contribution in [1.29, 1.82) is 0 Å². The van der Waals surface area contributed by atoms with Crippen LogP contribution in [0.15, 0.2) is 47.6 Å². The average molecular weight is 437 g/mol. The van der Waals surface area contributed by atoms with Gasteiger partial charge in [-0.15, -0.1) is 0 Å². The zero-order chi connectivity index (χ0) is 22.7. The Kier molecular flexibility index (Phi) is 6.44. The van der Waals surface area contributed by atoms with Crippen LogP contribution in [0.2, 0.25) is 0 Å². The van der Waals surface area contributed by atoms with Gasteiger partial charge in [0.05, 0.1) is 32.6 Å². The number of hydrogen-bond donors (Lipinski definition) is 0. The Bertz CT molecular complexity index is 1050. The fraction of sp³-hybridized carbons (Fsp3) is 0.400. The van der Waals surface area contributed by atoms with Gasteiger partial charge in [0, 0.05) is 17.4 Å². The van der Waals surface area contributed by atoms with Crippen molar-refractivity contribution in [3.05, 3.63) is 53.6 Å². The zero-order valence-corrected chi connectivity index (χ0v) is 18.7. The summed E-state index contributed by atoms with van der Waals surface area (Å²) in [4.78, 5) is 26.3. The molecule has 32 heavy (non-hydrogen) atoms. The molecule has 168 valence electrons. The van der Waals surface area contributed by atoms with Crippen molar-refractivity contribution in [3.8, 4) is 17.2 Å². The summed E-state index contributed by atoms with van der Waals surface area (Å²) < 4.78 is 16.2. The van der Waals surface area contributed by atoms with Crippen LogP contribution in [0.25, 0.3) is 0 Å². The van der Waals surface area contributed by atoms with E-state index in [9.17, 15) is 9.59 Å². The van der Waals surface area contributed by atoms with Gasteiger partial charge in [-0.05, 0) is 43.2 Å². The van der Waals surface area contributed by atoms with Gasteiger partial charge in [0.2, 0.25) is 5.91 Å². The molecule has 1 heterocycles. The normalized spacial score (nSPS) is 20.3. The predicted molar refractivity (Wildman–Crippen MR) is 121 cm³/mol. The van der Waals surface area contributed by atoms with E-state index < -0.39 is 0 Å². The van der Waals surface area contributed by atoms with Gasteiger partial charge >= 0.3 is 0 Å². The molecule has 1 aliphatic heterocycles. The maximum Gasteiger partial charge on any atom is 0.246 e. The van der Waals surface area contributed by atoms with Gasteiger partial charge in [-0.1, -0.05) is 25.0 Å². The van der Waals surface area contributed by atoms with Crippen molar-refractivity contribution in [2.45, 2.75) is 25.7 Å². The minimum Gasteiger partial charge on any atom is -0.496 e. The maximum atomic E-state index is 13.3. The second-order valence-electron chi connectivity index (χ2n) is 8.07. The highest BCUT2D eigenvalue weighted by Gasteiger charge is 2.42. The molecule has 2 atom stereocenters. The lowest BCUT2D eigenvalue weighted by Crippen LogP contribution is -2.47. The number of hydrogen-bond acceptors (Lipinski definition) is 6. The van der Waals surface area contributed by atoms with Crippen molar-refractivity contribution in [3.63, 3.8) is 0 Å². The summed E-state index contributed by atoms with van der Waals surface area (Å²) in [5.41, 5.74) is 2.14. The molecule has 0 spiro atoms. The molecule has 2 aromatic rings. The van der Waals surface area contributed by atoms with E-state index in [4.69, 9.17) is 19.3 Å². The third-order valence-electron chi connectivity index (χ3n) is 6.30. The van der Waals surface area contributed by atoms with Crippen LogP contribution in [0.3, 0.4) is 0 Å². The molecule has 2 unspecified atom stereocenters. The number of para-hydroxylation sites is 1. The van der Waals surface area contributed by atoms with Crippen LogP contribution in [0.5, 0.6) is 17.2 Å². The first-order valence-corrected chi connectivity index (χ1v) is 10.9. The highest BCUT2D eigenvalue weighted by Crippen LogP contribution is 2.39. The summed E-state index contributed by atoms with van der Waals surface area (Å²) in [5.74, 6) is 1.30. The van der Waals surface area contributed by atoms with Gasteiger partial charge in [-0.2, -0.15) is 5.10 Å². The summed E-state index contributed by atoms with van der Waals surface area (Å²) in [7, 11) is 4.71. The lowest BCUT2D eigenvalue weighted by molar-refractivity contribution is -0.138. The number of fused-ring (bicyclic) bond motifs is 1. The van der Waals surface area contributed by atoms with Gasteiger partial charge in [0.15, 0.2) is 17.3 Å². The molecular formula is C25H28N2O5. The Morgan fingerprint density at radius 2 is 1.62 bits per heavy atom. The summed E-state index contributed by atoms with van der Waals surface area (Å²) in [6.45, 7) is -0.126. The van der Waals surface area contributed by atoms with Gasteiger partial charge in [-0.25, -0.2) is 5.01 Å². The second kappa shape index (κ2) is 9.42. The number of ketones is 1. The fourth-order valence-electron chi connectivity index (χ4n) is 4.68. The summed E-state index contributed by atoms with van der Waals surface area (Å²) in [6.07, 6.45) is 3.76. The first kappa shape index (κ1) is 21.9. The number of benzene rings is 2. The fourth-order valence-corrected chi connectivity index (χ4v) is 4.68. The third-order valence-corrected chi connectivity index (χ3v) is 6.30. The molecule has 0 bridgehead atoms. The van der Waals surface area contributed by atoms with Crippen molar-refractivity contribution in [2.24, 2.45) is 16.9 Å². The number of carbonyl (C=O) groups excluding carboxylic acids is 2. The molecule has 2 aromatic carbocycles. The topological polar surface area (TPSA) is 77.4 Å². The predicted octanol–water partition coefficient (Wildman–Crippen LogP) is 3.95. The molecule has 1 amide bonds. The third kappa shape index (κ3) is 4.07. The van der Waals surface area contributed by atoms with E-state index in [2.05, 4.69) is 0 Å². The van der Waals surface area contributed by atoms with Crippen LogP contribution in [-0.2, 0) is 4.79 Å². The standard InChI is InChI=1S/C25H28N2O5/c1-30-21-11-7-6-10-19(21)20(28)15-27-25(29)18-9-5-4-8-17(18)24(26-27)16-12-13-22(31-2)23(14-16)32-3/h6-7,10-14,17-18H,4-5,8-9,15H2,1-3H3. The number of Topliss-reactive ketones (excluding diaryl/α,β-unsaturated/α-hetero) is 1. The number of methoxy groups -OCH3 is 3. The molecule has 4 rings (SSSR count). The number of rotatable bonds is 7. The van der Waals surface area contributed by atoms with Crippen LogP contribution in [0.1, 0.15) is 41.6 Å². The van der Waals surface area contributed by atoms with Crippen LogP contribution < -0.4 is 14.2 Å². The van der Waals surface area contributed by atoms with Crippen molar-refractivity contribution < 1.29 is 23.8 Å². The molecule has 7 heteroatoms. The monoisotopic (exact) mass is 436 g/mol. The highest BCUT2D eigenvalue weighted by molar-refractivity contribution is 6.08. The Hall–Kier alpha value is -3.35. The summed E-state index contributed by atoms with van der Waals surface area (Å²) in [5, 5.41) is 6.05. The SMILES string of the molecule is COc1ccc(C2=NN(CC(=O)c3ccccc3OC)C(=O)C3CCCCC23)cc1OC. The van der Waals surface area contributed by atoms with Gasteiger partial charge in [0.1, 0.15) is 12.3 Å². The molecule has 0 N–H and O–H groups in total. The van der Waals surface area contributed by atoms with E-state index in [0.717, 1.165) is 37.0 Å². The van der Waals surface area contributed by atoms with Crippen LogP contribution >= 0.6 is 0 Å². The molecule has 1 aliphatic carbocycles. The van der Waals surface area contributed by atoms with E-state index >= 15 is 0 Å². The van der Waals surface area contributed by atoms with Gasteiger partial charge in [-0.3, -0.25) is 9.59 Å². The molecule has 1 fully saturated rings. The molecule has 0 aromatic heterocycles. The van der Waals surface area contributed by atoms with Crippen molar-refractivity contribution in [2.75, 3.05) is 27.9 Å². The highest BCUT2D eigenvalue weighted by atomic mass is 16.5. The van der Waals surface area contributed by atoms with Gasteiger partial charge < -0.3 is 14.2 Å². The second-order valence-corrected chi connectivity index (χ2v) is 8.07. The molecule has 2 aliphatic rings. The molecule has 1 saturated carbocycles. The van der Waals surface area contributed by atoms with Crippen molar-refractivity contribution in [1.82, 2.24) is 5.01 Å². The first-order chi connectivity index (χ1) is 15.6.